The van der Waals surface area contributed by atoms with E-state index in [1.165, 1.54) is 0 Å². The Morgan fingerprint density at radius 1 is 1.09 bits per heavy atom. The summed E-state index contributed by atoms with van der Waals surface area (Å²) in [7, 11) is 0. The molecule has 0 radical (unpaired) electrons. The van der Waals surface area contributed by atoms with Crippen LogP contribution in [-0.4, -0.2) is 64.4 Å². The van der Waals surface area contributed by atoms with Gasteiger partial charge in [-0.05, 0) is 35.9 Å². The van der Waals surface area contributed by atoms with Crippen molar-refractivity contribution in [2.24, 2.45) is 5.73 Å². The predicted octanol–water partition coefficient (Wildman–Crippen LogP) is 3.20. The van der Waals surface area contributed by atoms with Crippen molar-refractivity contribution in [3.8, 4) is 0 Å². The topological polar surface area (TPSA) is 116 Å². The molecule has 8 nitrogen and oxygen atoms in total. The SMILES string of the molecule is NC(C(=O)N1CCN(c2ccc3[nH]ncc3c2)CC1)c1ccc(Cl)cc1.O=C(O)C(F)(F)F. The minimum atomic E-state index is -5.08. The van der Waals surface area contributed by atoms with Crippen LogP contribution in [0, 0.1) is 0 Å². The molecule has 12 heteroatoms. The molecule has 4 rings (SSSR count). The minimum absolute atomic E-state index is 0.0442. The molecule has 0 bridgehead atoms. The van der Waals surface area contributed by atoms with Gasteiger partial charge in [0.15, 0.2) is 0 Å². The zero-order valence-corrected chi connectivity index (χ0v) is 18.0. The van der Waals surface area contributed by atoms with Crippen LogP contribution in [-0.2, 0) is 9.59 Å². The molecule has 0 saturated carbocycles. The van der Waals surface area contributed by atoms with Crippen LogP contribution in [0.1, 0.15) is 11.6 Å². The lowest BCUT2D eigenvalue weighted by Crippen LogP contribution is -2.51. The molecule has 0 aliphatic carbocycles. The summed E-state index contributed by atoms with van der Waals surface area (Å²) in [6.45, 7) is 2.87. The van der Waals surface area contributed by atoms with Gasteiger partial charge in [0.2, 0.25) is 5.91 Å². The van der Waals surface area contributed by atoms with Gasteiger partial charge in [0.1, 0.15) is 6.04 Å². The molecule has 33 heavy (non-hydrogen) atoms. The van der Waals surface area contributed by atoms with Crippen LogP contribution in [0.4, 0.5) is 18.9 Å². The highest BCUT2D eigenvalue weighted by molar-refractivity contribution is 6.30. The van der Waals surface area contributed by atoms with E-state index in [0.717, 1.165) is 35.2 Å². The second-order valence-corrected chi connectivity index (χ2v) is 7.72. The number of rotatable bonds is 3. The molecular weight excluding hydrogens is 463 g/mol. The Labute approximate surface area is 191 Å². The lowest BCUT2D eigenvalue weighted by Gasteiger charge is -2.37. The number of aliphatic carboxylic acids is 1. The van der Waals surface area contributed by atoms with E-state index in [4.69, 9.17) is 27.2 Å². The van der Waals surface area contributed by atoms with Crippen molar-refractivity contribution in [1.29, 1.82) is 0 Å². The van der Waals surface area contributed by atoms with Crippen molar-refractivity contribution in [3.05, 3.63) is 59.2 Å². The number of aromatic nitrogens is 2. The molecule has 0 spiro atoms. The zero-order valence-electron chi connectivity index (χ0n) is 17.2. The summed E-state index contributed by atoms with van der Waals surface area (Å²) in [5.74, 6) is -2.80. The average Bonchev–Trinajstić information content (AvgIpc) is 3.26. The number of aromatic amines is 1. The van der Waals surface area contributed by atoms with Crippen molar-refractivity contribution in [2.75, 3.05) is 31.1 Å². The predicted molar refractivity (Wildman–Crippen MR) is 117 cm³/mol. The number of nitrogens with zero attached hydrogens (tertiary/aromatic N) is 3. The number of carboxylic acid groups (broad SMARTS) is 1. The number of halogens is 4. The van der Waals surface area contributed by atoms with E-state index in [9.17, 15) is 18.0 Å². The Bertz CT molecular complexity index is 1110. The van der Waals surface area contributed by atoms with Crippen LogP contribution in [0.5, 0.6) is 0 Å². The number of H-pyrrole nitrogens is 1. The summed E-state index contributed by atoms with van der Waals surface area (Å²) < 4.78 is 31.7. The van der Waals surface area contributed by atoms with E-state index in [1.54, 1.807) is 24.3 Å². The third-order valence-electron chi connectivity index (χ3n) is 5.12. The van der Waals surface area contributed by atoms with E-state index in [-0.39, 0.29) is 5.91 Å². The quantitative estimate of drug-likeness (QED) is 0.527. The van der Waals surface area contributed by atoms with E-state index < -0.39 is 18.2 Å². The fourth-order valence-corrected chi connectivity index (χ4v) is 3.45. The van der Waals surface area contributed by atoms with Gasteiger partial charge in [-0.3, -0.25) is 9.89 Å². The molecule has 1 aliphatic rings. The number of hydrogen-bond donors (Lipinski definition) is 3. The molecule has 1 unspecified atom stereocenters. The normalized spacial score (nSPS) is 15.1. The summed E-state index contributed by atoms with van der Waals surface area (Å²) in [6, 6.07) is 12.7. The molecule has 3 aromatic rings. The van der Waals surface area contributed by atoms with Gasteiger partial charge in [-0.15, -0.1) is 0 Å². The van der Waals surface area contributed by atoms with E-state index in [2.05, 4.69) is 27.2 Å². The number of nitrogens with two attached hydrogens (primary N) is 1. The van der Waals surface area contributed by atoms with Gasteiger partial charge in [0.05, 0.1) is 11.7 Å². The Balaban J connectivity index is 0.000000383. The first kappa shape index (κ1) is 24.3. The van der Waals surface area contributed by atoms with E-state index in [0.29, 0.717) is 18.1 Å². The third-order valence-corrected chi connectivity index (χ3v) is 5.37. The first-order valence-electron chi connectivity index (χ1n) is 9.84. The molecule has 1 atom stereocenters. The smallest absolute Gasteiger partial charge is 0.475 e. The van der Waals surface area contributed by atoms with Crippen LogP contribution >= 0.6 is 11.6 Å². The molecule has 1 aliphatic heterocycles. The lowest BCUT2D eigenvalue weighted by molar-refractivity contribution is -0.192. The van der Waals surface area contributed by atoms with Crippen LogP contribution in [0.2, 0.25) is 5.02 Å². The van der Waals surface area contributed by atoms with Gasteiger partial charge in [0.25, 0.3) is 0 Å². The maximum Gasteiger partial charge on any atom is 0.490 e. The summed E-state index contributed by atoms with van der Waals surface area (Å²) in [4.78, 5) is 25.7. The van der Waals surface area contributed by atoms with Crippen molar-refractivity contribution < 1.29 is 27.9 Å². The molecule has 2 heterocycles. The largest absolute Gasteiger partial charge is 0.490 e. The van der Waals surface area contributed by atoms with Crippen molar-refractivity contribution >= 4 is 40.1 Å². The van der Waals surface area contributed by atoms with Gasteiger partial charge < -0.3 is 20.6 Å². The summed E-state index contributed by atoms with van der Waals surface area (Å²) in [5.41, 5.74) is 9.11. The molecule has 1 saturated heterocycles. The average molecular weight is 484 g/mol. The maximum absolute atomic E-state index is 12.7. The Kier molecular flexibility index (Phi) is 7.44. The second-order valence-electron chi connectivity index (χ2n) is 7.29. The third kappa shape index (κ3) is 6.14. The van der Waals surface area contributed by atoms with Crippen LogP contribution in [0.3, 0.4) is 0 Å². The van der Waals surface area contributed by atoms with Gasteiger partial charge in [-0.1, -0.05) is 23.7 Å². The van der Waals surface area contributed by atoms with E-state index in [1.807, 2.05) is 17.2 Å². The second kappa shape index (κ2) is 10.1. The van der Waals surface area contributed by atoms with Crippen LogP contribution in [0.25, 0.3) is 10.9 Å². The molecular formula is C21H21ClF3N5O3. The maximum atomic E-state index is 12.7. The number of hydrogen-bond acceptors (Lipinski definition) is 5. The fourth-order valence-electron chi connectivity index (χ4n) is 3.32. The number of anilines is 1. The monoisotopic (exact) mass is 483 g/mol. The number of alkyl halides is 3. The molecule has 1 amide bonds. The van der Waals surface area contributed by atoms with Crippen LogP contribution in [0.15, 0.2) is 48.7 Å². The fraction of sp³-hybridized carbons (Fsp3) is 0.286. The summed E-state index contributed by atoms with van der Waals surface area (Å²) in [5, 5.41) is 15.9. The zero-order chi connectivity index (χ0) is 24.2. The molecule has 4 N–H and O–H groups in total. The summed E-state index contributed by atoms with van der Waals surface area (Å²) >= 11 is 5.90. The van der Waals surface area contributed by atoms with E-state index >= 15 is 0 Å². The van der Waals surface area contributed by atoms with Crippen molar-refractivity contribution in [3.63, 3.8) is 0 Å². The highest BCUT2D eigenvalue weighted by Crippen LogP contribution is 2.23. The molecule has 176 valence electrons. The number of carboxylic acids is 1. The lowest BCUT2D eigenvalue weighted by atomic mass is 10.1. The minimum Gasteiger partial charge on any atom is -0.475 e. The number of fused-ring (bicyclic) bond motifs is 1. The first-order valence-corrected chi connectivity index (χ1v) is 10.2. The number of nitrogens with one attached hydrogen (secondary N) is 1. The number of piperazine rings is 1. The molecule has 2 aromatic carbocycles. The highest BCUT2D eigenvalue weighted by atomic mass is 35.5. The highest BCUT2D eigenvalue weighted by Gasteiger charge is 2.38. The first-order chi connectivity index (χ1) is 15.6. The van der Waals surface area contributed by atoms with Gasteiger partial charge in [0, 0.05) is 42.3 Å². The van der Waals surface area contributed by atoms with Crippen molar-refractivity contribution in [1.82, 2.24) is 15.1 Å². The Morgan fingerprint density at radius 3 is 2.27 bits per heavy atom. The van der Waals surface area contributed by atoms with Crippen LogP contribution < -0.4 is 10.6 Å². The Morgan fingerprint density at radius 2 is 1.70 bits per heavy atom. The van der Waals surface area contributed by atoms with Gasteiger partial charge in [-0.2, -0.15) is 18.3 Å². The molecule has 1 fully saturated rings. The number of benzene rings is 2. The number of amides is 1. The van der Waals surface area contributed by atoms with Gasteiger partial charge in [-0.25, -0.2) is 4.79 Å². The molecule has 1 aromatic heterocycles. The van der Waals surface area contributed by atoms with Gasteiger partial charge >= 0.3 is 12.1 Å². The number of carbonyl (C=O) groups is 2. The van der Waals surface area contributed by atoms with Crippen molar-refractivity contribution in [2.45, 2.75) is 12.2 Å². The summed E-state index contributed by atoms with van der Waals surface area (Å²) in [6.07, 6.45) is -3.26. The standard InChI is InChI=1S/C19H20ClN5O.C2HF3O2/c20-15-3-1-13(2-4-15)18(21)19(26)25-9-7-24(8-10-25)16-5-6-17-14(11-16)12-22-23-17;3-2(4,5)1(6)7/h1-6,11-12,18H,7-10,21H2,(H,22,23);(H,6,7). The Hall–Kier alpha value is -3.31. The number of carbonyl (C=O) groups excluding carboxylic acids is 1.